The number of nitrogens with one attached hydrogen (secondary N) is 4. The van der Waals surface area contributed by atoms with Crippen LogP contribution in [-0.4, -0.2) is 32.3 Å². The summed E-state index contributed by atoms with van der Waals surface area (Å²) in [7, 11) is -3.69. The first-order valence-corrected chi connectivity index (χ1v) is 15.1. The molecule has 0 aromatic heterocycles. The van der Waals surface area contributed by atoms with Crippen molar-refractivity contribution in [1.82, 2.24) is 19.9 Å². The van der Waals surface area contributed by atoms with Crippen LogP contribution in [0.5, 0.6) is 0 Å². The largest absolute Gasteiger partial charge is 0.501 e. The zero-order valence-electron chi connectivity index (χ0n) is 21.4. The van der Waals surface area contributed by atoms with E-state index in [9.17, 15) is 19.2 Å². The lowest BCUT2D eigenvalue weighted by atomic mass is 10.2. The van der Waals surface area contributed by atoms with Gasteiger partial charge in [-0.2, -0.15) is 0 Å². The first-order chi connectivity index (χ1) is 15.8. The molecule has 8 nitrogen and oxygen atoms in total. The van der Waals surface area contributed by atoms with E-state index in [0.29, 0.717) is 25.7 Å². The van der Waals surface area contributed by atoms with Crippen molar-refractivity contribution in [3.05, 3.63) is 0 Å². The smallest absolute Gasteiger partial charge is 0.331 e. The third kappa shape index (κ3) is 16.4. The summed E-state index contributed by atoms with van der Waals surface area (Å²) in [6, 6.07) is 0. The number of hydrogen-bond acceptors (Lipinski definition) is 4. The van der Waals surface area contributed by atoms with E-state index in [-0.39, 0.29) is 49.3 Å². The van der Waals surface area contributed by atoms with Crippen molar-refractivity contribution in [2.45, 2.75) is 130 Å². The summed E-state index contributed by atoms with van der Waals surface area (Å²) in [4.78, 5) is 62.3. The van der Waals surface area contributed by atoms with Crippen molar-refractivity contribution in [3.63, 3.8) is 0 Å². The van der Waals surface area contributed by atoms with Crippen LogP contribution in [0.3, 0.4) is 0 Å². The molecule has 0 bridgehead atoms. The van der Waals surface area contributed by atoms with Crippen LogP contribution in [0.4, 0.5) is 0 Å². The standard InChI is InChI=1S/C24H48N4O4Si/c1-5-9-13-17-21(29)25-33(26-22(30)18-14-10-6-2,27-23(31)19-15-11-7-3)28-24(32)20-16-12-8-4/h5-20H2,1-4H3,(H,25,29)(H,26,30)(H,27,31)(H,28,32). The van der Waals surface area contributed by atoms with Gasteiger partial charge in [-0.1, -0.05) is 79.1 Å². The first kappa shape index (κ1) is 31.1. The van der Waals surface area contributed by atoms with Crippen LogP contribution in [0.25, 0.3) is 0 Å². The van der Waals surface area contributed by atoms with E-state index in [2.05, 4.69) is 47.6 Å². The molecule has 0 aliphatic carbocycles. The van der Waals surface area contributed by atoms with E-state index in [1.165, 1.54) is 0 Å². The lowest BCUT2D eigenvalue weighted by molar-refractivity contribution is -0.120. The van der Waals surface area contributed by atoms with Gasteiger partial charge in [-0.3, -0.25) is 19.2 Å². The second-order valence-electron chi connectivity index (χ2n) is 8.77. The van der Waals surface area contributed by atoms with E-state index in [0.717, 1.165) is 51.4 Å². The van der Waals surface area contributed by atoms with E-state index < -0.39 is 8.72 Å². The average Bonchev–Trinajstić information content (AvgIpc) is 2.74. The molecule has 0 spiro atoms. The molecule has 0 radical (unpaired) electrons. The fourth-order valence-electron chi connectivity index (χ4n) is 3.42. The number of rotatable bonds is 20. The van der Waals surface area contributed by atoms with Crippen LogP contribution in [0, 0.1) is 0 Å². The Hall–Kier alpha value is -1.90. The van der Waals surface area contributed by atoms with Crippen LogP contribution in [0.15, 0.2) is 0 Å². The molecule has 33 heavy (non-hydrogen) atoms. The highest BCUT2D eigenvalue weighted by Crippen LogP contribution is 2.05. The second kappa shape index (κ2) is 19.6. The number of amides is 4. The molecule has 0 aliphatic heterocycles. The van der Waals surface area contributed by atoms with Crippen molar-refractivity contribution in [2.24, 2.45) is 0 Å². The fourth-order valence-corrected chi connectivity index (χ4v) is 5.96. The third-order valence-corrected chi connectivity index (χ3v) is 7.95. The third-order valence-electron chi connectivity index (χ3n) is 5.34. The van der Waals surface area contributed by atoms with Gasteiger partial charge in [-0.05, 0) is 25.7 Å². The quantitative estimate of drug-likeness (QED) is 0.153. The van der Waals surface area contributed by atoms with E-state index in [4.69, 9.17) is 0 Å². The van der Waals surface area contributed by atoms with Crippen LogP contribution < -0.4 is 19.9 Å². The van der Waals surface area contributed by atoms with Crippen molar-refractivity contribution in [2.75, 3.05) is 0 Å². The van der Waals surface area contributed by atoms with Crippen molar-refractivity contribution < 1.29 is 19.2 Å². The topological polar surface area (TPSA) is 116 Å². The molecule has 0 rings (SSSR count). The molecule has 4 amide bonds. The number of carbonyl (C=O) groups excluding carboxylic acids is 4. The average molecular weight is 485 g/mol. The lowest BCUT2D eigenvalue weighted by Gasteiger charge is -2.32. The highest BCUT2D eigenvalue weighted by atomic mass is 28.4. The van der Waals surface area contributed by atoms with Crippen LogP contribution >= 0.6 is 0 Å². The molecule has 0 aromatic carbocycles. The predicted molar refractivity (Wildman–Crippen MR) is 135 cm³/mol. The van der Waals surface area contributed by atoms with Crippen molar-refractivity contribution >= 4 is 32.3 Å². The van der Waals surface area contributed by atoms with Crippen molar-refractivity contribution in [1.29, 1.82) is 0 Å². The van der Waals surface area contributed by atoms with Gasteiger partial charge in [0, 0.05) is 25.7 Å². The molecular weight excluding hydrogens is 436 g/mol. The predicted octanol–water partition coefficient (Wildman–Crippen LogP) is 4.21. The molecule has 0 saturated heterocycles. The minimum atomic E-state index is -3.69. The summed E-state index contributed by atoms with van der Waals surface area (Å²) in [6.07, 6.45) is 11.6. The van der Waals surface area contributed by atoms with Crippen molar-refractivity contribution in [3.8, 4) is 0 Å². The summed E-state index contributed by atoms with van der Waals surface area (Å²) < 4.78 is 0. The second-order valence-corrected chi connectivity index (χ2v) is 11.3. The van der Waals surface area contributed by atoms with Gasteiger partial charge in [0.1, 0.15) is 0 Å². The minimum absolute atomic E-state index is 0.272. The molecule has 0 saturated carbocycles. The molecule has 0 heterocycles. The highest BCUT2D eigenvalue weighted by Gasteiger charge is 2.43. The van der Waals surface area contributed by atoms with Crippen LogP contribution in [0.1, 0.15) is 130 Å². The Morgan fingerprint density at radius 3 is 0.818 bits per heavy atom. The monoisotopic (exact) mass is 484 g/mol. The fraction of sp³-hybridized carbons (Fsp3) is 0.833. The Bertz CT molecular complexity index is 485. The zero-order valence-corrected chi connectivity index (χ0v) is 22.4. The van der Waals surface area contributed by atoms with E-state index in [1.807, 2.05) is 0 Å². The van der Waals surface area contributed by atoms with E-state index in [1.54, 1.807) is 0 Å². The maximum atomic E-state index is 12.7. The van der Waals surface area contributed by atoms with Crippen LogP contribution in [0.2, 0.25) is 0 Å². The zero-order chi connectivity index (χ0) is 25.0. The van der Waals surface area contributed by atoms with E-state index >= 15 is 0 Å². The summed E-state index contributed by atoms with van der Waals surface area (Å²) >= 11 is 0. The molecule has 0 aromatic rings. The molecule has 0 unspecified atom stereocenters. The Morgan fingerprint density at radius 1 is 0.424 bits per heavy atom. The minimum Gasteiger partial charge on any atom is -0.331 e. The van der Waals surface area contributed by atoms with Gasteiger partial charge in [-0.15, -0.1) is 0 Å². The Kier molecular flexibility index (Phi) is 18.4. The molecular formula is C24H48N4O4Si. The first-order valence-electron chi connectivity index (χ1n) is 13.1. The summed E-state index contributed by atoms with van der Waals surface area (Å²) in [5, 5.41) is 0. The highest BCUT2D eigenvalue weighted by molar-refractivity contribution is 6.78. The van der Waals surface area contributed by atoms with Gasteiger partial charge in [-0.25, -0.2) is 0 Å². The molecule has 0 aliphatic rings. The Balaban J connectivity index is 5.60. The maximum Gasteiger partial charge on any atom is 0.501 e. The molecule has 0 fully saturated rings. The van der Waals surface area contributed by atoms with Crippen LogP contribution in [-0.2, 0) is 19.2 Å². The SMILES string of the molecule is CCCCCC(=O)N[Si](NC(=O)CCCCC)(NC(=O)CCCCC)NC(=O)CCCCC. The van der Waals surface area contributed by atoms with Gasteiger partial charge < -0.3 is 19.9 Å². The summed E-state index contributed by atoms with van der Waals surface area (Å²) in [6.45, 7) is 8.22. The maximum absolute atomic E-state index is 12.7. The summed E-state index contributed by atoms with van der Waals surface area (Å²) in [5.41, 5.74) is 0. The molecule has 0 atom stereocenters. The Labute approximate surface area is 202 Å². The van der Waals surface area contributed by atoms with Gasteiger partial charge in [0.25, 0.3) is 0 Å². The number of unbranched alkanes of at least 4 members (excludes halogenated alkanes) is 8. The summed E-state index contributed by atoms with van der Waals surface area (Å²) in [5.74, 6) is -1.09. The van der Waals surface area contributed by atoms with Gasteiger partial charge in [0.2, 0.25) is 23.6 Å². The number of hydrogen-bond donors (Lipinski definition) is 4. The lowest BCUT2D eigenvalue weighted by Crippen LogP contribution is -2.84. The normalized spacial score (nSPS) is 11.0. The Morgan fingerprint density at radius 2 is 0.636 bits per heavy atom. The number of carbonyl (C=O) groups is 4. The molecule has 192 valence electrons. The van der Waals surface area contributed by atoms with Gasteiger partial charge >= 0.3 is 8.72 Å². The molecule has 9 heteroatoms. The van der Waals surface area contributed by atoms with Gasteiger partial charge in [0.15, 0.2) is 0 Å². The molecule has 4 N–H and O–H groups in total. The van der Waals surface area contributed by atoms with Gasteiger partial charge in [0.05, 0.1) is 0 Å².